The average Bonchev–Trinajstić information content (AvgIpc) is 2.30. The van der Waals surface area contributed by atoms with Gasteiger partial charge in [-0.15, -0.1) is 0 Å². The Hall–Kier alpha value is -2.37. The van der Waals surface area contributed by atoms with Gasteiger partial charge in [-0.05, 0) is 18.6 Å². The largest absolute Gasteiger partial charge is 0.481 e. The van der Waals surface area contributed by atoms with Gasteiger partial charge in [-0.25, -0.2) is 4.79 Å². The van der Waals surface area contributed by atoms with Crippen LogP contribution in [0.25, 0.3) is 0 Å². The molecule has 0 aliphatic heterocycles. The van der Waals surface area contributed by atoms with E-state index < -0.39 is 17.9 Å². The molecule has 0 radical (unpaired) electrons. The maximum atomic E-state index is 10.2. The second-order valence-electron chi connectivity index (χ2n) is 3.31. The number of aromatic carboxylic acids is 1. The smallest absolute Gasteiger partial charge is 0.335 e. The molecule has 0 amide bonds. The second kappa shape index (κ2) is 8.74. The fourth-order valence-corrected chi connectivity index (χ4v) is 0.972. The van der Waals surface area contributed by atoms with Crippen LogP contribution in [0.15, 0.2) is 30.3 Å². The van der Waals surface area contributed by atoms with E-state index in [0.29, 0.717) is 5.56 Å². The van der Waals surface area contributed by atoms with Gasteiger partial charge in [0.25, 0.3) is 0 Å². The summed E-state index contributed by atoms with van der Waals surface area (Å²) in [7, 11) is 0. The Morgan fingerprint density at radius 2 is 1.28 bits per heavy atom. The summed E-state index contributed by atoms with van der Waals surface area (Å²) in [6, 6.07) is 8.30. The Morgan fingerprint density at radius 1 is 0.833 bits per heavy atom. The minimum Gasteiger partial charge on any atom is -0.481 e. The van der Waals surface area contributed by atoms with Crippen molar-refractivity contribution in [2.75, 3.05) is 0 Å². The number of carbonyl (C=O) groups is 3. The lowest BCUT2D eigenvalue weighted by Gasteiger charge is -1.89. The molecule has 0 aromatic heterocycles. The molecule has 3 N–H and O–H groups in total. The molecule has 18 heavy (non-hydrogen) atoms. The van der Waals surface area contributed by atoms with E-state index in [9.17, 15) is 14.4 Å². The highest BCUT2D eigenvalue weighted by molar-refractivity contribution is 5.87. The zero-order valence-electron chi connectivity index (χ0n) is 9.57. The van der Waals surface area contributed by atoms with Crippen LogP contribution in [0, 0.1) is 0 Å². The minimum absolute atomic E-state index is 0.0632. The van der Waals surface area contributed by atoms with Gasteiger partial charge in [0.15, 0.2) is 0 Å². The van der Waals surface area contributed by atoms with Gasteiger partial charge < -0.3 is 15.3 Å². The summed E-state index contributed by atoms with van der Waals surface area (Å²) in [6.45, 7) is 0. The summed E-state index contributed by atoms with van der Waals surface area (Å²) in [5.74, 6) is -2.77. The molecular formula is C12H14O6. The van der Waals surface area contributed by atoms with Crippen molar-refractivity contribution in [3.63, 3.8) is 0 Å². The highest BCUT2D eigenvalue weighted by Crippen LogP contribution is 1.96. The molecule has 6 heteroatoms. The van der Waals surface area contributed by atoms with Gasteiger partial charge in [0.1, 0.15) is 0 Å². The predicted molar refractivity (Wildman–Crippen MR) is 62.5 cm³/mol. The lowest BCUT2D eigenvalue weighted by atomic mass is 10.2. The van der Waals surface area contributed by atoms with Crippen molar-refractivity contribution in [2.24, 2.45) is 0 Å². The van der Waals surface area contributed by atoms with E-state index in [2.05, 4.69) is 0 Å². The first-order chi connectivity index (χ1) is 8.43. The standard InChI is InChI=1S/C7H6O2.C5H8O4/c8-7(9)6-4-2-1-3-5-6;6-4(7)2-1-3-5(8)9/h1-5H,(H,8,9);1-3H2,(H,6,7)(H,8,9). The first-order valence-corrected chi connectivity index (χ1v) is 5.15. The van der Waals surface area contributed by atoms with Crippen LogP contribution < -0.4 is 0 Å². The molecule has 0 bridgehead atoms. The molecule has 1 aromatic carbocycles. The Morgan fingerprint density at radius 3 is 1.56 bits per heavy atom. The highest BCUT2D eigenvalue weighted by atomic mass is 16.4. The molecule has 0 spiro atoms. The Kier molecular flexibility index (Phi) is 7.59. The fourth-order valence-electron chi connectivity index (χ4n) is 0.972. The number of aliphatic carboxylic acids is 2. The third kappa shape index (κ3) is 8.90. The Bertz CT molecular complexity index is 384. The third-order valence-electron chi connectivity index (χ3n) is 1.80. The molecule has 6 nitrogen and oxygen atoms in total. The molecule has 0 saturated heterocycles. The topological polar surface area (TPSA) is 112 Å². The summed E-state index contributed by atoms with van der Waals surface area (Å²) < 4.78 is 0. The third-order valence-corrected chi connectivity index (χ3v) is 1.80. The van der Waals surface area contributed by atoms with Gasteiger partial charge in [0.2, 0.25) is 0 Å². The first kappa shape index (κ1) is 15.6. The van der Waals surface area contributed by atoms with Crippen LogP contribution in [-0.2, 0) is 9.59 Å². The molecule has 0 aliphatic carbocycles. The van der Waals surface area contributed by atoms with E-state index in [1.54, 1.807) is 30.3 Å². The monoisotopic (exact) mass is 254 g/mol. The molecule has 98 valence electrons. The van der Waals surface area contributed by atoms with Crippen LogP contribution >= 0.6 is 0 Å². The zero-order chi connectivity index (χ0) is 14.0. The van der Waals surface area contributed by atoms with Gasteiger partial charge in [-0.3, -0.25) is 9.59 Å². The van der Waals surface area contributed by atoms with Gasteiger partial charge in [-0.1, -0.05) is 18.2 Å². The lowest BCUT2D eigenvalue weighted by Crippen LogP contribution is -1.98. The van der Waals surface area contributed by atoms with E-state index in [-0.39, 0.29) is 19.3 Å². The highest BCUT2D eigenvalue weighted by Gasteiger charge is 1.99. The summed E-state index contributed by atoms with van der Waals surface area (Å²) in [5, 5.41) is 24.5. The quantitative estimate of drug-likeness (QED) is 0.737. The van der Waals surface area contributed by atoms with Crippen LogP contribution in [0.3, 0.4) is 0 Å². The van der Waals surface area contributed by atoms with Gasteiger partial charge >= 0.3 is 17.9 Å². The van der Waals surface area contributed by atoms with Gasteiger partial charge in [-0.2, -0.15) is 0 Å². The number of carboxylic acid groups (broad SMARTS) is 3. The van der Waals surface area contributed by atoms with E-state index in [4.69, 9.17) is 15.3 Å². The van der Waals surface area contributed by atoms with E-state index in [1.165, 1.54) is 0 Å². The van der Waals surface area contributed by atoms with Crippen LogP contribution in [-0.4, -0.2) is 33.2 Å². The number of carboxylic acids is 3. The molecule has 0 fully saturated rings. The van der Waals surface area contributed by atoms with Gasteiger partial charge in [0, 0.05) is 12.8 Å². The maximum absolute atomic E-state index is 10.2. The van der Waals surface area contributed by atoms with Crippen molar-refractivity contribution in [3.8, 4) is 0 Å². The number of rotatable bonds is 5. The Labute approximate surface area is 103 Å². The normalized spacial score (nSPS) is 8.89. The molecule has 0 saturated carbocycles. The number of hydrogen-bond donors (Lipinski definition) is 3. The van der Waals surface area contributed by atoms with Gasteiger partial charge in [0.05, 0.1) is 5.56 Å². The number of hydrogen-bond acceptors (Lipinski definition) is 3. The molecule has 1 rings (SSSR count). The van der Waals surface area contributed by atoms with Crippen molar-refractivity contribution in [1.29, 1.82) is 0 Å². The van der Waals surface area contributed by atoms with Crippen LogP contribution in [0.2, 0.25) is 0 Å². The minimum atomic E-state index is -0.948. The van der Waals surface area contributed by atoms with Crippen LogP contribution in [0.5, 0.6) is 0 Å². The van der Waals surface area contributed by atoms with Crippen molar-refractivity contribution in [2.45, 2.75) is 19.3 Å². The summed E-state index contributed by atoms with van der Waals surface area (Å²) in [6.07, 6.45) is 0.0866. The number of benzene rings is 1. The maximum Gasteiger partial charge on any atom is 0.335 e. The predicted octanol–water partition coefficient (Wildman–Crippen LogP) is 1.71. The molecule has 0 heterocycles. The van der Waals surface area contributed by atoms with E-state index >= 15 is 0 Å². The van der Waals surface area contributed by atoms with Crippen LogP contribution in [0.4, 0.5) is 0 Å². The van der Waals surface area contributed by atoms with Crippen LogP contribution in [0.1, 0.15) is 29.6 Å². The summed E-state index contributed by atoms with van der Waals surface area (Å²) in [5.41, 5.74) is 0.331. The van der Waals surface area contributed by atoms with E-state index in [0.717, 1.165) is 0 Å². The van der Waals surface area contributed by atoms with E-state index in [1.807, 2.05) is 0 Å². The lowest BCUT2D eigenvalue weighted by molar-refractivity contribution is -0.138. The van der Waals surface area contributed by atoms with Crippen molar-refractivity contribution < 1.29 is 29.7 Å². The zero-order valence-corrected chi connectivity index (χ0v) is 9.57. The summed E-state index contributed by atoms with van der Waals surface area (Å²) >= 11 is 0. The molecule has 0 unspecified atom stereocenters. The fraction of sp³-hybridized carbons (Fsp3) is 0.250. The second-order valence-corrected chi connectivity index (χ2v) is 3.31. The molecule has 0 atom stereocenters. The van der Waals surface area contributed by atoms with Crippen molar-refractivity contribution in [3.05, 3.63) is 35.9 Å². The first-order valence-electron chi connectivity index (χ1n) is 5.15. The summed E-state index contributed by atoms with van der Waals surface area (Å²) in [4.78, 5) is 29.8. The molecule has 1 aromatic rings. The average molecular weight is 254 g/mol. The van der Waals surface area contributed by atoms with Crippen molar-refractivity contribution in [1.82, 2.24) is 0 Å². The Balaban J connectivity index is 0.000000321. The SMILES string of the molecule is O=C(O)CCCC(=O)O.O=C(O)c1ccccc1. The molecular weight excluding hydrogens is 240 g/mol. The van der Waals surface area contributed by atoms with Crippen molar-refractivity contribution >= 4 is 17.9 Å². The molecule has 0 aliphatic rings.